The summed E-state index contributed by atoms with van der Waals surface area (Å²) in [5.41, 5.74) is 0. The quantitative estimate of drug-likeness (QED) is 0.665. The summed E-state index contributed by atoms with van der Waals surface area (Å²) >= 11 is 0. The van der Waals surface area contributed by atoms with Crippen LogP contribution in [0.15, 0.2) is 0 Å². The first kappa shape index (κ1) is 11.0. The van der Waals surface area contributed by atoms with Crippen molar-refractivity contribution in [3.63, 3.8) is 0 Å². The van der Waals surface area contributed by atoms with Crippen molar-refractivity contribution in [3.8, 4) is 0 Å². The summed E-state index contributed by atoms with van der Waals surface area (Å²) in [6.07, 6.45) is 0. The number of hydrogen-bond donors (Lipinski definition) is 2. The van der Waals surface area contributed by atoms with Gasteiger partial charge in [-0.25, -0.2) is 0 Å². The number of piperazine rings is 1. The molecule has 2 N–H and O–H groups in total. The lowest BCUT2D eigenvalue weighted by Crippen LogP contribution is -2.55. The third-order valence-corrected chi connectivity index (χ3v) is 3.05. The summed E-state index contributed by atoms with van der Waals surface area (Å²) in [4.78, 5) is 2.46. The fourth-order valence-electron chi connectivity index (χ4n) is 1.77. The van der Waals surface area contributed by atoms with Crippen LogP contribution in [0.4, 0.5) is 0 Å². The van der Waals surface area contributed by atoms with Crippen molar-refractivity contribution < 1.29 is 5.11 Å². The molecule has 0 aromatic carbocycles. The molecule has 0 saturated carbocycles. The first-order valence-electron chi connectivity index (χ1n) is 5.23. The van der Waals surface area contributed by atoms with Crippen molar-refractivity contribution >= 4 is 0 Å². The molecule has 0 aliphatic carbocycles. The Morgan fingerprint density at radius 2 is 2.15 bits per heavy atom. The Kier molecular flexibility index (Phi) is 4.16. The van der Waals surface area contributed by atoms with E-state index in [9.17, 15) is 0 Å². The van der Waals surface area contributed by atoms with Gasteiger partial charge in [-0.3, -0.25) is 4.90 Å². The second-order valence-electron chi connectivity index (χ2n) is 4.31. The lowest BCUT2D eigenvalue weighted by atomic mass is 10.0. The van der Waals surface area contributed by atoms with Crippen LogP contribution in [0.5, 0.6) is 0 Å². The molecule has 1 rings (SSSR count). The molecule has 3 heteroatoms. The van der Waals surface area contributed by atoms with Crippen LogP contribution in [-0.2, 0) is 0 Å². The SMILES string of the molecule is CC(C)[C@H](C)N1CCN[C@@H](CO)C1. The number of aliphatic hydroxyl groups excluding tert-OH is 1. The summed E-state index contributed by atoms with van der Waals surface area (Å²) in [5.74, 6) is 0.692. The Bertz CT molecular complexity index is 150. The maximum Gasteiger partial charge on any atom is 0.0597 e. The van der Waals surface area contributed by atoms with Crippen molar-refractivity contribution in [2.75, 3.05) is 26.2 Å². The van der Waals surface area contributed by atoms with Crippen LogP contribution in [0, 0.1) is 5.92 Å². The van der Waals surface area contributed by atoms with Gasteiger partial charge in [-0.15, -0.1) is 0 Å². The number of hydrogen-bond acceptors (Lipinski definition) is 3. The molecule has 3 nitrogen and oxygen atoms in total. The Balaban J connectivity index is 2.41. The summed E-state index contributed by atoms with van der Waals surface area (Å²) in [5, 5.41) is 12.3. The van der Waals surface area contributed by atoms with Gasteiger partial charge in [0, 0.05) is 31.7 Å². The van der Waals surface area contributed by atoms with E-state index in [1.165, 1.54) is 0 Å². The van der Waals surface area contributed by atoms with E-state index in [2.05, 4.69) is 31.0 Å². The fraction of sp³-hybridized carbons (Fsp3) is 1.00. The molecule has 2 atom stereocenters. The largest absolute Gasteiger partial charge is 0.395 e. The molecule has 0 spiro atoms. The second-order valence-corrected chi connectivity index (χ2v) is 4.31. The van der Waals surface area contributed by atoms with Crippen molar-refractivity contribution in [1.29, 1.82) is 0 Å². The molecule has 0 aromatic heterocycles. The molecular formula is C10H22N2O. The van der Waals surface area contributed by atoms with E-state index < -0.39 is 0 Å². The highest BCUT2D eigenvalue weighted by molar-refractivity contribution is 4.81. The normalized spacial score (nSPS) is 27.9. The van der Waals surface area contributed by atoms with Gasteiger partial charge in [0.25, 0.3) is 0 Å². The highest BCUT2D eigenvalue weighted by Crippen LogP contribution is 2.12. The number of nitrogens with zero attached hydrogens (tertiary/aromatic N) is 1. The highest BCUT2D eigenvalue weighted by Gasteiger charge is 2.23. The van der Waals surface area contributed by atoms with E-state index in [1.54, 1.807) is 0 Å². The van der Waals surface area contributed by atoms with Gasteiger partial charge in [0.15, 0.2) is 0 Å². The minimum Gasteiger partial charge on any atom is -0.395 e. The second kappa shape index (κ2) is 4.94. The molecule has 1 heterocycles. The van der Waals surface area contributed by atoms with Gasteiger partial charge in [-0.05, 0) is 12.8 Å². The number of rotatable bonds is 3. The summed E-state index contributed by atoms with van der Waals surface area (Å²) in [6.45, 7) is 10.1. The smallest absolute Gasteiger partial charge is 0.0597 e. The first-order valence-corrected chi connectivity index (χ1v) is 5.23. The summed E-state index contributed by atoms with van der Waals surface area (Å²) < 4.78 is 0. The molecule has 0 unspecified atom stereocenters. The van der Waals surface area contributed by atoms with Crippen LogP contribution >= 0.6 is 0 Å². The fourth-order valence-corrected chi connectivity index (χ4v) is 1.77. The van der Waals surface area contributed by atoms with Crippen molar-refractivity contribution in [2.24, 2.45) is 5.92 Å². The van der Waals surface area contributed by atoms with E-state index in [4.69, 9.17) is 5.11 Å². The van der Waals surface area contributed by atoms with Crippen molar-refractivity contribution in [1.82, 2.24) is 10.2 Å². The summed E-state index contributed by atoms with van der Waals surface area (Å²) in [7, 11) is 0. The Hall–Kier alpha value is -0.120. The summed E-state index contributed by atoms with van der Waals surface area (Å²) in [6, 6.07) is 0.895. The predicted octanol–water partition coefficient (Wildman–Crippen LogP) is 0.297. The van der Waals surface area contributed by atoms with Crippen LogP contribution in [0.2, 0.25) is 0 Å². The first-order chi connectivity index (χ1) is 6.15. The van der Waals surface area contributed by atoms with E-state index in [0.29, 0.717) is 12.0 Å². The van der Waals surface area contributed by atoms with Crippen molar-refractivity contribution in [2.45, 2.75) is 32.9 Å². The topological polar surface area (TPSA) is 35.5 Å². The zero-order chi connectivity index (χ0) is 9.84. The lowest BCUT2D eigenvalue weighted by molar-refractivity contribution is 0.0991. The predicted molar refractivity (Wildman–Crippen MR) is 54.7 cm³/mol. The minimum atomic E-state index is 0.251. The average Bonchev–Trinajstić information content (AvgIpc) is 2.16. The van der Waals surface area contributed by atoms with Gasteiger partial charge < -0.3 is 10.4 Å². The molecule has 78 valence electrons. The van der Waals surface area contributed by atoms with Crippen LogP contribution in [0.1, 0.15) is 20.8 Å². The van der Waals surface area contributed by atoms with E-state index in [0.717, 1.165) is 19.6 Å². The minimum absolute atomic E-state index is 0.251. The highest BCUT2D eigenvalue weighted by atomic mass is 16.3. The molecule has 1 aliphatic rings. The Labute approximate surface area is 81.1 Å². The monoisotopic (exact) mass is 186 g/mol. The van der Waals surface area contributed by atoms with Crippen LogP contribution in [0.3, 0.4) is 0 Å². The van der Waals surface area contributed by atoms with Crippen LogP contribution in [-0.4, -0.2) is 48.3 Å². The van der Waals surface area contributed by atoms with Crippen LogP contribution in [0.25, 0.3) is 0 Å². The third kappa shape index (κ3) is 2.93. The maximum atomic E-state index is 9.04. The molecule has 1 fully saturated rings. The van der Waals surface area contributed by atoms with Gasteiger partial charge in [-0.2, -0.15) is 0 Å². The average molecular weight is 186 g/mol. The number of aliphatic hydroxyl groups is 1. The molecule has 0 amide bonds. The van der Waals surface area contributed by atoms with Crippen molar-refractivity contribution in [3.05, 3.63) is 0 Å². The molecule has 1 aliphatic heterocycles. The molecule has 13 heavy (non-hydrogen) atoms. The zero-order valence-corrected chi connectivity index (χ0v) is 8.95. The van der Waals surface area contributed by atoms with Gasteiger partial charge in [-0.1, -0.05) is 13.8 Å². The van der Waals surface area contributed by atoms with Crippen LogP contribution < -0.4 is 5.32 Å². The zero-order valence-electron chi connectivity index (χ0n) is 8.95. The molecule has 0 aromatic rings. The van der Waals surface area contributed by atoms with Gasteiger partial charge in [0.05, 0.1) is 6.61 Å². The van der Waals surface area contributed by atoms with Gasteiger partial charge in [0.2, 0.25) is 0 Å². The van der Waals surface area contributed by atoms with Gasteiger partial charge in [0.1, 0.15) is 0 Å². The van der Waals surface area contributed by atoms with E-state index in [-0.39, 0.29) is 12.6 Å². The molecule has 0 bridgehead atoms. The van der Waals surface area contributed by atoms with E-state index >= 15 is 0 Å². The molecular weight excluding hydrogens is 164 g/mol. The Morgan fingerprint density at radius 1 is 1.46 bits per heavy atom. The lowest BCUT2D eigenvalue weighted by Gasteiger charge is -2.38. The third-order valence-electron chi connectivity index (χ3n) is 3.05. The molecule has 0 radical (unpaired) electrons. The maximum absolute atomic E-state index is 9.04. The van der Waals surface area contributed by atoms with Gasteiger partial charge >= 0.3 is 0 Å². The Morgan fingerprint density at radius 3 is 2.69 bits per heavy atom. The van der Waals surface area contributed by atoms with E-state index in [1.807, 2.05) is 0 Å². The standard InChI is InChI=1S/C10H22N2O/c1-8(2)9(3)12-5-4-11-10(6-12)7-13/h8-11,13H,4-7H2,1-3H3/t9-,10+/m0/s1. The number of nitrogens with one attached hydrogen (secondary N) is 1. The molecule has 1 saturated heterocycles.